The molecular formula is C18H20N4O4S. The minimum atomic E-state index is -0.886. The van der Waals surface area contributed by atoms with E-state index in [2.05, 4.69) is 15.6 Å². The smallest absolute Gasteiger partial charge is 0.325 e. The minimum Gasteiger partial charge on any atom is -0.494 e. The fourth-order valence-electron chi connectivity index (χ4n) is 3.31. The summed E-state index contributed by atoms with van der Waals surface area (Å²) in [6.45, 7) is 3.88. The standard InChI is InChI=1S/C18H20N4O4S/c1-3-26-11-6-7-12-13(8-11)27-16(19-12)20-14(23)9-22-15(24)18(2,10-4-5-10)21-17(22)25/h6-8,10H,3-5,9H2,1-2H3,(H,21,25)(H,19,20,23)/t18-/m0/s1. The zero-order valence-corrected chi connectivity index (χ0v) is 15.9. The zero-order chi connectivity index (χ0) is 19.2. The average Bonchev–Trinajstić information content (AvgIpc) is 3.36. The molecule has 2 aromatic rings. The quantitative estimate of drug-likeness (QED) is 0.740. The van der Waals surface area contributed by atoms with Gasteiger partial charge in [0.15, 0.2) is 5.13 Å². The van der Waals surface area contributed by atoms with Gasteiger partial charge in [0.05, 0.1) is 16.8 Å². The van der Waals surface area contributed by atoms with Crippen molar-refractivity contribution in [3.8, 4) is 5.75 Å². The topological polar surface area (TPSA) is 101 Å². The van der Waals surface area contributed by atoms with Crippen LogP contribution >= 0.6 is 11.3 Å². The van der Waals surface area contributed by atoms with Gasteiger partial charge in [0.25, 0.3) is 5.91 Å². The van der Waals surface area contributed by atoms with E-state index >= 15 is 0 Å². The lowest BCUT2D eigenvalue weighted by Gasteiger charge is -2.20. The Hall–Kier alpha value is -2.68. The van der Waals surface area contributed by atoms with Gasteiger partial charge in [-0.25, -0.2) is 9.78 Å². The molecule has 2 aliphatic rings. The number of anilines is 1. The fourth-order valence-corrected chi connectivity index (χ4v) is 4.22. The number of carbonyl (C=O) groups is 3. The fraction of sp³-hybridized carbons (Fsp3) is 0.444. The van der Waals surface area contributed by atoms with E-state index in [4.69, 9.17) is 4.74 Å². The van der Waals surface area contributed by atoms with Gasteiger partial charge in [-0.15, -0.1) is 0 Å². The van der Waals surface area contributed by atoms with Crippen LogP contribution in [0.5, 0.6) is 5.75 Å². The molecule has 8 nitrogen and oxygen atoms in total. The van der Waals surface area contributed by atoms with E-state index in [0.29, 0.717) is 11.7 Å². The molecule has 2 heterocycles. The summed E-state index contributed by atoms with van der Waals surface area (Å²) in [4.78, 5) is 42.4. The maximum absolute atomic E-state index is 12.6. The molecule has 1 aliphatic heterocycles. The third kappa shape index (κ3) is 3.23. The number of thiazole rings is 1. The van der Waals surface area contributed by atoms with E-state index in [0.717, 1.165) is 33.7 Å². The van der Waals surface area contributed by atoms with Crippen LogP contribution < -0.4 is 15.4 Å². The van der Waals surface area contributed by atoms with Crippen molar-refractivity contribution < 1.29 is 19.1 Å². The number of fused-ring (bicyclic) bond motifs is 1. The summed E-state index contributed by atoms with van der Waals surface area (Å²) in [5, 5.41) is 5.83. The number of carbonyl (C=O) groups excluding carboxylic acids is 3. The molecule has 1 aromatic heterocycles. The number of imide groups is 1. The van der Waals surface area contributed by atoms with Gasteiger partial charge in [-0.2, -0.15) is 0 Å². The van der Waals surface area contributed by atoms with Crippen molar-refractivity contribution in [1.29, 1.82) is 0 Å². The number of ether oxygens (including phenoxy) is 1. The van der Waals surface area contributed by atoms with Crippen molar-refractivity contribution in [2.75, 3.05) is 18.5 Å². The summed E-state index contributed by atoms with van der Waals surface area (Å²) in [6.07, 6.45) is 1.83. The first-order chi connectivity index (χ1) is 12.9. The lowest BCUT2D eigenvalue weighted by Crippen LogP contribution is -2.46. The number of rotatable bonds is 6. The molecule has 1 aromatic carbocycles. The van der Waals surface area contributed by atoms with Crippen molar-refractivity contribution in [3.05, 3.63) is 18.2 Å². The Labute approximate surface area is 159 Å². The third-order valence-corrected chi connectivity index (χ3v) is 5.85. The van der Waals surface area contributed by atoms with Crippen LogP contribution in [0.2, 0.25) is 0 Å². The lowest BCUT2D eigenvalue weighted by molar-refractivity contribution is -0.134. The Morgan fingerprint density at radius 2 is 2.22 bits per heavy atom. The summed E-state index contributed by atoms with van der Waals surface area (Å²) >= 11 is 1.31. The van der Waals surface area contributed by atoms with E-state index in [1.165, 1.54) is 11.3 Å². The first kappa shape index (κ1) is 17.7. The molecule has 1 saturated heterocycles. The molecule has 0 bridgehead atoms. The largest absolute Gasteiger partial charge is 0.494 e. The van der Waals surface area contributed by atoms with E-state index in [1.54, 1.807) is 6.92 Å². The van der Waals surface area contributed by atoms with Crippen LogP contribution in [0, 0.1) is 5.92 Å². The molecule has 1 atom stereocenters. The van der Waals surface area contributed by atoms with Crippen LogP contribution in [0.25, 0.3) is 10.2 Å². The maximum Gasteiger partial charge on any atom is 0.325 e. The van der Waals surface area contributed by atoms with Gasteiger partial charge >= 0.3 is 6.03 Å². The molecule has 0 radical (unpaired) electrons. The Kier molecular flexibility index (Phi) is 4.26. The molecule has 2 N–H and O–H groups in total. The Bertz CT molecular complexity index is 939. The van der Waals surface area contributed by atoms with E-state index in [1.807, 2.05) is 25.1 Å². The number of urea groups is 1. The highest BCUT2D eigenvalue weighted by atomic mass is 32.1. The van der Waals surface area contributed by atoms with Gasteiger partial charge in [-0.05, 0) is 50.8 Å². The second-order valence-electron chi connectivity index (χ2n) is 6.93. The minimum absolute atomic E-state index is 0.158. The van der Waals surface area contributed by atoms with Gasteiger partial charge in [-0.3, -0.25) is 14.5 Å². The van der Waals surface area contributed by atoms with Crippen LogP contribution in [0.3, 0.4) is 0 Å². The average molecular weight is 388 g/mol. The van der Waals surface area contributed by atoms with Crippen LogP contribution in [0.15, 0.2) is 18.2 Å². The SMILES string of the molecule is CCOc1ccc2nc(NC(=O)CN3C(=O)N[C@@](C)(C4CC4)C3=O)sc2c1. The Morgan fingerprint density at radius 1 is 1.44 bits per heavy atom. The van der Waals surface area contributed by atoms with Crippen molar-refractivity contribution in [1.82, 2.24) is 15.2 Å². The molecule has 0 spiro atoms. The van der Waals surface area contributed by atoms with Crippen LogP contribution in [0.4, 0.5) is 9.93 Å². The van der Waals surface area contributed by atoms with E-state index in [9.17, 15) is 14.4 Å². The predicted molar refractivity (Wildman–Crippen MR) is 101 cm³/mol. The summed E-state index contributed by atoms with van der Waals surface area (Å²) in [5.74, 6) is 0.106. The number of amides is 4. The highest BCUT2D eigenvalue weighted by Crippen LogP contribution is 2.42. The first-order valence-electron chi connectivity index (χ1n) is 8.88. The molecule has 1 aliphatic carbocycles. The van der Waals surface area contributed by atoms with Crippen molar-refractivity contribution in [2.24, 2.45) is 5.92 Å². The zero-order valence-electron chi connectivity index (χ0n) is 15.1. The van der Waals surface area contributed by atoms with Gasteiger partial charge < -0.3 is 15.4 Å². The highest BCUT2D eigenvalue weighted by Gasteiger charge is 2.56. The lowest BCUT2D eigenvalue weighted by atomic mass is 9.96. The second-order valence-corrected chi connectivity index (χ2v) is 7.96. The number of nitrogens with zero attached hydrogens (tertiary/aromatic N) is 2. The normalized spacial score (nSPS) is 22.2. The molecule has 0 unspecified atom stereocenters. The first-order valence-corrected chi connectivity index (χ1v) is 9.69. The van der Waals surface area contributed by atoms with Crippen LogP contribution in [0.1, 0.15) is 26.7 Å². The summed E-state index contributed by atoms with van der Waals surface area (Å²) in [5.41, 5.74) is -0.141. The molecule has 9 heteroatoms. The van der Waals surface area contributed by atoms with Crippen LogP contribution in [-0.2, 0) is 9.59 Å². The summed E-state index contributed by atoms with van der Waals surface area (Å²) in [7, 11) is 0. The van der Waals surface area contributed by atoms with Gasteiger partial charge in [0.1, 0.15) is 17.8 Å². The Morgan fingerprint density at radius 3 is 2.93 bits per heavy atom. The molecule has 27 heavy (non-hydrogen) atoms. The molecule has 4 rings (SSSR count). The molecule has 2 fully saturated rings. The number of hydrogen-bond acceptors (Lipinski definition) is 6. The second kappa shape index (κ2) is 6.49. The Balaban J connectivity index is 1.44. The van der Waals surface area contributed by atoms with Gasteiger partial charge in [0.2, 0.25) is 5.91 Å². The molecule has 4 amide bonds. The number of benzene rings is 1. The van der Waals surface area contributed by atoms with Crippen molar-refractivity contribution in [2.45, 2.75) is 32.2 Å². The molecular weight excluding hydrogens is 368 g/mol. The van der Waals surface area contributed by atoms with Crippen molar-refractivity contribution >= 4 is 44.5 Å². The van der Waals surface area contributed by atoms with E-state index in [-0.39, 0.29) is 18.4 Å². The number of hydrogen-bond donors (Lipinski definition) is 2. The van der Waals surface area contributed by atoms with Crippen molar-refractivity contribution in [3.63, 3.8) is 0 Å². The maximum atomic E-state index is 12.6. The van der Waals surface area contributed by atoms with Gasteiger partial charge in [-0.1, -0.05) is 11.3 Å². The van der Waals surface area contributed by atoms with Gasteiger partial charge in [0, 0.05) is 0 Å². The highest BCUT2D eigenvalue weighted by molar-refractivity contribution is 7.22. The van der Waals surface area contributed by atoms with Crippen LogP contribution in [-0.4, -0.2) is 46.4 Å². The predicted octanol–water partition coefficient (Wildman–Crippen LogP) is 2.35. The summed E-state index contributed by atoms with van der Waals surface area (Å²) in [6, 6.07) is 4.99. The van der Waals surface area contributed by atoms with E-state index < -0.39 is 17.5 Å². The molecule has 142 valence electrons. The third-order valence-electron chi connectivity index (χ3n) is 4.91. The number of nitrogens with one attached hydrogen (secondary N) is 2. The molecule has 1 saturated carbocycles. The summed E-state index contributed by atoms with van der Waals surface area (Å²) < 4.78 is 6.35. The number of aromatic nitrogens is 1. The monoisotopic (exact) mass is 388 g/mol.